The van der Waals surface area contributed by atoms with Crippen molar-refractivity contribution in [1.29, 1.82) is 0 Å². The van der Waals surface area contributed by atoms with Gasteiger partial charge in [0.25, 0.3) is 0 Å². The molecule has 0 bridgehead atoms. The molecule has 0 N–H and O–H groups in total. The normalized spacial score (nSPS) is 12.6. The van der Waals surface area contributed by atoms with Crippen LogP contribution >= 0.6 is 10.5 Å². The summed E-state index contributed by atoms with van der Waals surface area (Å²) in [5.74, 6) is 0. The number of thiophene rings is 1. The van der Waals surface area contributed by atoms with Crippen molar-refractivity contribution in [2.45, 2.75) is 45.0 Å². The molecule has 0 radical (unpaired) electrons. The molecule has 0 amide bonds. The van der Waals surface area contributed by atoms with E-state index < -0.39 is 16.0 Å². The molecule has 20 heavy (non-hydrogen) atoms. The summed E-state index contributed by atoms with van der Waals surface area (Å²) in [6, 6.07) is 7.15. The second kappa shape index (κ2) is 6.81. The van der Waals surface area contributed by atoms with Crippen molar-refractivity contribution in [2.24, 2.45) is 0 Å². The van der Waals surface area contributed by atoms with Gasteiger partial charge in [-0.15, -0.1) is 13.2 Å². The van der Waals surface area contributed by atoms with Crippen molar-refractivity contribution in [3.05, 3.63) is 34.7 Å². The van der Waals surface area contributed by atoms with Crippen LogP contribution in [0.15, 0.2) is 24.3 Å². The molecule has 0 fully saturated rings. The number of benzene rings is 1. The van der Waals surface area contributed by atoms with E-state index in [4.69, 9.17) is 0 Å². The van der Waals surface area contributed by atoms with Crippen LogP contribution in [0, 0.1) is 0 Å². The molecule has 1 atom stereocenters. The van der Waals surface area contributed by atoms with E-state index in [1.165, 1.54) is 0 Å². The lowest BCUT2D eigenvalue weighted by molar-refractivity contribution is -0.0867. The molecule has 1 aromatic heterocycles. The number of rotatable bonds is 4. The minimum atomic E-state index is -4.15. The third-order valence-corrected chi connectivity index (χ3v) is 5.41. The average molecular weight is 323 g/mol. The minimum Gasteiger partial charge on any atom is -1.00 e. The van der Waals surface area contributed by atoms with Crippen molar-refractivity contribution in [2.75, 3.05) is 0 Å². The fourth-order valence-corrected chi connectivity index (χ4v) is 4.27. The number of hydrogen-bond donors (Lipinski definition) is 0. The third-order valence-electron chi connectivity index (χ3n) is 3.29. The molecular formula is C15H18ClF3S. The predicted molar refractivity (Wildman–Crippen MR) is 75.7 cm³/mol. The summed E-state index contributed by atoms with van der Waals surface area (Å²) in [5.41, 5.74) is -3.06. The largest absolute Gasteiger partial charge is 1.00 e. The van der Waals surface area contributed by atoms with E-state index in [0.717, 1.165) is 30.2 Å². The molecule has 2 aromatic rings. The first-order valence-electron chi connectivity index (χ1n) is 6.62. The van der Waals surface area contributed by atoms with Crippen LogP contribution in [-0.2, 0) is 18.3 Å². The van der Waals surface area contributed by atoms with Gasteiger partial charge in [0.2, 0.25) is 0 Å². The number of halogens is 4. The van der Waals surface area contributed by atoms with Crippen molar-refractivity contribution in [3.8, 4) is 0 Å². The molecule has 1 aromatic carbocycles. The van der Waals surface area contributed by atoms with Crippen LogP contribution in [0.25, 0.3) is 10.1 Å². The lowest BCUT2D eigenvalue weighted by Crippen LogP contribution is -3.00. The molecule has 1 heterocycles. The fraction of sp³-hybridized carbons (Fsp3) is 0.467. The van der Waals surface area contributed by atoms with Crippen molar-refractivity contribution < 1.29 is 25.6 Å². The van der Waals surface area contributed by atoms with Crippen LogP contribution < -0.4 is 12.4 Å². The Balaban J connectivity index is 0.00000200. The zero-order chi connectivity index (χ0) is 14.0. The van der Waals surface area contributed by atoms with Gasteiger partial charge in [0, 0.05) is 17.9 Å². The predicted octanol–water partition coefficient (Wildman–Crippen LogP) is 2.97. The average Bonchev–Trinajstić information content (AvgIpc) is 2.72. The van der Waals surface area contributed by atoms with Crippen LogP contribution in [0.4, 0.5) is 13.2 Å². The zero-order valence-electron chi connectivity index (χ0n) is 11.6. The first kappa shape index (κ1) is 17.3. The Morgan fingerprint density at radius 2 is 1.80 bits per heavy atom. The van der Waals surface area contributed by atoms with Gasteiger partial charge in [-0.3, -0.25) is 0 Å². The molecule has 0 nitrogen and oxygen atoms in total. The van der Waals surface area contributed by atoms with Gasteiger partial charge in [-0.05, 0) is 30.5 Å². The minimum absolute atomic E-state index is 0. The van der Waals surface area contributed by atoms with Crippen LogP contribution in [-0.4, -0.2) is 0 Å². The van der Waals surface area contributed by atoms with E-state index in [9.17, 15) is 13.2 Å². The Hall–Kier alpha value is -0.740. The first-order valence-corrected chi connectivity index (χ1v) is 7.84. The fourth-order valence-electron chi connectivity index (χ4n) is 2.29. The molecular weight excluding hydrogens is 305 g/mol. The second-order valence-electron chi connectivity index (χ2n) is 4.69. The van der Waals surface area contributed by atoms with Gasteiger partial charge in [-0.1, -0.05) is 26.3 Å². The molecule has 1 unspecified atom stereocenters. The van der Waals surface area contributed by atoms with Crippen LogP contribution in [0.3, 0.4) is 0 Å². The van der Waals surface area contributed by atoms with Crippen molar-refractivity contribution >= 4 is 20.6 Å². The first-order chi connectivity index (χ1) is 8.97. The SMILES string of the molecule is CCCCc1cc2cc(CC)ccc2[s+]1C(F)(F)F.[Cl-]. The van der Waals surface area contributed by atoms with Gasteiger partial charge in [-0.25, -0.2) is 0 Å². The van der Waals surface area contributed by atoms with E-state index in [-0.39, 0.29) is 12.4 Å². The third kappa shape index (κ3) is 3.47. The Bertz CT molecular complexity index is 572. The zero-order valence-corrected chi connectivity index (χ0v) is 13.1. The molecule has 0 saturated carbocycles. The summed E-state index contributed by atoms with van der Waals surface area (Å²) < 4.78 is 40.3. The van der Waals surface area contributed by atoms with Crippen molar-refractivity contribution in [3.63, 3.8) is 0 Å². The number of aryl methyl sites for hydroxylation is 2. The van der Waals surface area contributed by atoms with Gasteiger partial charge >= 0.3 is 5.51 Å². The maximum Gasteiger partial charge on any atom is 0.600 e. The van der Waals surface area contributed by atoms with Gasteiger partial charge in [0.05, 0.1) is 10.5 Å². The highest BCUT2D eigenvalue weighted by Gasteiger charge is 2.47. The van der Waals surface area contributed by atoms with Crippen molar-refractivity contribution in [1.82, 2.24) is 0 Å². The number of fused-ring (bicyclic) bond motifs is 1. The summed E-state index contributed by atoms with van der Waals surface area (Å²) >= 11 is 0. The highest BCUT2D eigenvalue weighted by atomic mass is 35.5. The summed E-state index contributed by atoms with van der Waals surface area (Å²) in [6.45, 7) is 4.02. The summed E-state index contributed by atoms with van der Waals surface area (Å²) in [6.07, 6.45) is 3.14. The second-order valence-corrected chi connectivity index (χ2v) is 6.73. The number of unbranched alkanes of at least 4 members (excludes halogenated alkanes) is 1. The highest BCUT2D eigenvalue weighted by molar-refractivity contribution is 7.38. The van der Waals surface area contributed by atoms with E-state index in [1.807, 2.05) is 26.0 Å². The molecule has 112 valence electrons. The molecule has 0 aliphatic rings. The maximum absolute atomic E-state index is 13.3. The van der Waals surface area contributed by atoms with Gasteiger partial charge in [0.1, 0.15) is 0 Å². The topological polar surface area (TPSA) is 0 Å². The van der Waals surface area contributed by atoms with E-state index >= 15 is 0 Å². The monoisotopic (exact) mass is 322 g/mol. The standard InChI is InChI=1S/C15H18F3S.ClH/c1-3-5-6-13-10-12-9-11(4-2)7-8-14(12)19(13)15(16,17)18;/h7-10H,3-6H2,1-2H3;1H/q+1;/p-1. The number of hydrogen-bond acceptors (Lipinski definition) is 0. The van der Waals surface area contributed by atoms with Crippen LogP contribution in [0.1, 0.15) is 37.1 Å². The van der Waals surface area contributed by atoms with Gasteiger partial charge in [0.15, 0.2) is 9.58 Å². The quantitative estimate of drug-likeness (QED) is 0.759. The molecule has 2 rings (SSSR count). The molecule has 0 saturated heterocycles. The maximum atomic E-state index is 13.3. The Kier molecular flexibility index (Phi) is 5.90. The lowest BCUT2D eigenvalue weighted by Gasteiger charge is -2.00. The summed E-state index contributed by atoms with van der Waals surface area (Å²) in [7, 11) is -1.71. The van der Waals surface area contributed by atoms with Gasteiger partial charge in [-0.2, -0.15) is 0 Å². The Labute approximate surface area is 126 Å². The Morgan fingerprint density at radius 3 is 2.35 bits per heavy atom. The lowest BCUT2D eigenvalue weighted by atomic mass is 10.1. The number of alkyl halides is 3. The van der Waals surface area contributed by atoms with E-state index in [1.54, 1.807) is 12.1 Å². The smallest absolute Gasteiger partial charge is 0.600 e. The summed E-state index contributed by atoms with van der Waals surface area (Å²) in [5, 5.41) is 0.770. The molecule has 0 aliphatic heterocycles. The Morgan fingerprint density at radius 1 is 1.10 bits per heavy atom. The van der Waals surface area contributed by atoms with Gasteiger partial charge < -0.3 is 12.4 Å². The molecule has 0 spiro atoms. The molecule has 5 heteroatoms. The van der Waals surface area contributed by atoms with Crippen LogP contribution in [0.2, 0.25) is 0 Å². The highest BCUT2D eigenvalue weighted by Crippen LogP contribution is 2.51. The van der Waals surface area contributed by atoms with Crippen LogP contribution in [0.5, 0.6) is 0 Å². The van der Waals surface area contributed by atoms with E-state index in [0.29, 0.717) is 16.0 Å². The summed E-state index contributed by atoms with van der Waals surface area (Å²) in [4.78, 5) is 0.553. The molecule has 0 aliphatic carbocycles. The van der Waals surface area contributed by atoms with E-state index in [2.05, 4.69) is 0 Å².